The summed E-state index contributed by atoms with van der Waals surface area (Å²) in [4.78, 5) is 2.31. The van der Waals surface area contributed by atoms with Gasteiger partial charge in [0.15, 0.2) is 0 Å². The SMILES string of the molecule is CN(CC1CCC1)c1cccc(N)c1. The van der Waals surface area contributed by atoms with Crippen LogP contribution in [0.2, 0.25) is 0 Å². The number of nitrogen functional groups attached to an aromatic ring is 1. The average Bonchev–Trinajstić information content (AvgIpc) is 2.11. The zero-order valence-corrected chi connectivity index (χ0v) is 8.74. The molecule has 0 radical (unpaired) electrons. The van der Waals surface area contributed by atoms with E-state index >= 15 is 0 Å². The quantitative estimate of drug-likeness (QED) is 0.742. The van der Waals surface area contributed by atoms with Crippen LogP contribution in [0.25, 0.3) is 0 Å². The van der Waals surface area contributed by atoms with Gasteiger partial charge in [-0.05, 0) is 37.0 Å². The van der Waals surface area contributed by atoms with Gasteiger partial charge in [0.2, 0.25) is 0 Å². The summed E-state index contributed by atoms with van der Waals surface area (Å²) in [5.74, 6) is 0.904. The second-order valence-electron chi connectivity index (χ2n) is 4.27. The van der Waals surface area contributed by atoms with Gasteiger partial charge in [-0.15, -0.1) is 0 Å². The molecule has 1 aliphatic rings. The standard InChI is InChI=1S/C12H18N2/c1-14(9-10-4-2-5-10)12-7-3-6-11(13)8-12/h3,6-8,10H,2,4-5,9,13H2,1H3. The van der Waals surface area contributed by atoms with Crippen LogP contribution in [0.5, 0.6) is 0 Å². The number of nitrogens with zero attached hydrogens (tertiary/aromatic N) is 1. The van der Waals surface area contributed by atoms with Gasteiger partial charge in [-0.1, -0.05) is 12.5 Å². The number of anilines is 2. The Kier molecular flexibility index (Phi) is 2.62. The first-order chi connectivity index (χ1) is 6.75. The monoisotopic (exact) mass is 190 g/mol. The number of hydrogen-bond acceptors (Lipinski definition) is 2. The van der Waals surface area contributed by atoms with Crippen molar-refractivity contribution in [1.82, 2.24) is 0 Å². The van der Waals surface area contributed by atoms with Crippen LogP contribution in [0.15, 0.2) is 24.3 Å². The van der Waals surface area contributed by atoms with E-state index in [-0.39, 0.29) is 0 Å². The fourth-order valence-electron chi connectivity index (χ4n) is 1.93. The smallest absolute Gasteiger partial charge is 0.0384 e. The lowest BCUT2D eigenvalue weighted by atomic mass is 9.85. The van der Waals surface area contributed by atoms with E-state index in [1.54, 1.807) is 0 Å². The van der Waals surface area contributed by atoms with E-state index in [1.165, 1.54) is 31.5 Å². The normalized spacial score (nSPS) is 16.4. The van der Waals surface area contributed by atoms with Gasteiger partial charge in [0, 0.05) is 25.0 Å². The van der Waals surface area contributed by atoms with Gasteiger partial charge in [-0.3, -0.25) is 0 Å². The van der Waals surface area contributed by atoms with Crippen LogP contribution in [0.4, 0.5) is 11.4 Å². The van der Waals surface area contributed by atoms with Crippen molar-refractivity contribution in [2.45, 2.75) is 19.3 Å². The summed E-state index contributed by atoms with van der Waals surface area (Å²) in [5, 5.41) is 0. The number of benzene rings is 1. The molecule has 1 aromatic carbocycles. The molecule has 14 heavy (non-hydrogen) atoms. The highest BCUT2D eigenvalue weighted by Gasteiger charge is 2.19. The van der Waals surface area contributed by atoms with Crippen molar-refractivity contribution in [1.29, 1.82) is 0 Å². The highest BCUT2D eigenvalue weighted by Crippen LogP contribution is 2.28. The van der Waals surface area contributed by atoms with Crippen LogP contribution in [0.3, 0.4) is 0 Å². The largest absolute Gasteiger partial charge is 0.399 e. The van der Waals surface area contributed by atoms with Crippen molar-refractivity contribution in [3.05, 3.63) is 24.3 Å². The van der Waals surface area contributed by atoms with Crippen molar-refractivity contribution in [3.8, 4) is 0 Å². The first-order valence-corrected chi connectivity index (χ1v) is 5.32. The minimum absolute atomic E-state index is 0.850. The van der Waals surface area contributed by atoms with E-state index in [0.29, 0.717) is 0 Å². The van der Waals surface area contributed by atoms with Crippen LogP contribution in [-0.2, 0) is 0 Å². The molecule has 76 valence electrons. The van der Waals surface area contributed by atoms with Gasteiger partial charge in [-0.2, -0.15) is 0 Å². The van der Waals surface area contributed by atoms with Gasteiger partial charge in [0.25, 0.3) is 0 Å². The lowest BCUT2D eigenvalue weighted by Crippen LogP contribution is -2.29. The maximum Gasteiger partial charge on any atom is 0.0384 e. The Labute approximate surface area is 85.7 Å². The van der Waals surface area contributed by atoms with E-state index in [0.717, 1.165) is 11.6 Å². The third kappa shape index (κ3) is 2.00. The number of nitrogens with two attached hydrogens (primary N) is 1. The molecule has 1 aromatic rings. The van der Waals surface area contributed by atoms with Gasteiger partial charge in [-0.25, -0.2) is 0 Å². The number of hydrogen-bond donors (Lipinski definition) is 1. The predicted molar refractivity (Wildman–Crippen MR) is 61.5 cm³/mol. The van der Waals surface area contributed by atoms with Crippen LogP contribution in [0.1, 0.15) is 19.3 Å². The van der Waals surface area contributed by atoms with Crippen LogP contribution in [-0.4, -0.2) is 13.6 Å². The van der Waals surface area contributed by atoms with Crippen molar-refractivity contribution in [2.24, 2.45) is 5.92 Å². The summed E-state index contributed by atoms with van der Waals surface area (Å²) in [6.07, 6.45) is 4.20. The molecule has 0 atom stereocenters. The molecule has 0 aromatic heterocycles. The molecule has 2 heteroatoms. The molecule has 0 bridgehead atoms. The summed E-state index contributed by atoms with van der Waals surface area (Å²) >= 11 is 0. The Morgan fingerprint density at radius 3 is 2.79 bits per heavy atom. The first-order valence-electron chi connectivity index (χ1n) is 5.32. The average molecular weight is 190 g/mol. The van der Waals surface area contributed by atoms with E-state index in [2.05, 4.69) is 18.0 Å². The van der Waals surface area contributed by atoms with Crippen LogP contribution >= 0.6 is 0 Å². The molecule has 2 nitrogen and oxygen atoms in total. The number of rotatable bonds is 3. The molecule has 0 aliphatic heterocycles. The molecule has 0 unspecified atom stereocenters. The van der Waals surface area contributed by atoms with Crippen molar-refractivity contribution < 1.29 is 0 Å². The maximum absolute atomic E-state index is 5.75. The minimum Gasteiger partial charge on any atom is -0.399 e. The Hall–Kier alpha value is -1.18. The second kappa shape index (κ2) is 3.91. The molecule has 0 heterocycles. The maximum atomic E-state index is 5.75. The lowest BCUT2D eigenvalue weighted by molar-refractivity contribution is 0.321. The van der Waals surface area contributed by atoms with Gasteiger partial charge in [0.1, 0.15) is 0 Å². The molecule has 2 rings (SSSR count). The van der Waals surface area contributed by atoms with E-state index in [4.69, 9.17) is 5.73 Å². The van der Waals surface area contributed by atoms with Crippen LogP contribution < -0.4 is 10.6 Å². The third-order valence-corrected chi connectivity index (χ3v) is 3.07. The summed E-state index contributed by atoms with van der Waals surface area (Å²) in [6.45, 7) is 1.17. The Bertz CT molecular complexity index is 305. The zero-order valence-electron chi connectivity index (χ0n) is 8.74. The van der Waals surface area contributed by atoms with Gasteiger partial charge in [0.05, 0.1) is 0 Å². The van der Waals surface area contributed by atoms with Crippen LogP contribution in [0, 0.1) is 5.92 Å². The zero-order chi connectivity index (χ0) is 9.97. The Balaban J connectivity index is 1.98. The van der Waals surface area contributed by atoms with Crippen molar-refractivity contribution in [3.63, 3.8) is 0 Å². The molecule has 1 aliphatic carbocycles. The molecule has 0 amide bonds. The van der Waals surface area contributed by atoms with E-state index in [1.807, 2.05) is 18.2 Å². The Morgan fingerprint density at radius 1 is 1.43 bits per heavy atom. The highest BCUT2D eigenvalue weighted by molar-refractivity contribution is 5.55. The van der Waals surface area contributed by atoms with Gasteiger partial charge < -0.3 is 10.6 Å². The summed E-state index contributed by atoms with van der Waals surface area (Å²) in [6, 6.07) is 8.11. The molecular weight excluding hydrogens is 172 g/mol. The third-order valence-electron chi connectivity index (χ3n) is 3.07. The molecule has 0 saturated heterocycles. The van der Waals surface area contributed by atoms with Crippen molar-refractivity contribution >= 4 is 11.4 Å². The predicted octanol–water partition coefficient (Wildman–Crippen LogP) is 2.51. The van der Waals surface area contributed by atoms with Gasteiger partial charge >= 0.3 is 0 Å². The first kappa shape index (κ1) is 9.38. The topological polar surface area (TPSA) is 29.3 Å². The fourth-order valence-corrected chi connectivity index (χ4v) is 1.93. The molecular formula is C12H18N2. The molecule has 0 spiro atoms. The fraction of sp³-hybridized carbons (Fsp3) is 0.500. The molecule has 1 fully saturated rings. The highest BCUT2D eigenvalue weighted by atomic mass is 15.1. The van der Waals surface area contributed by atoms with E-state index < -0.39 is 0 Å². The molecule has 2 N–H and O–H groups in total. The summed E-state index contributed by atoms with van der Waals surface area (Å²) in [7, 11) is 2.15. The van der Waals surface area contributed by atoms with Crippen molar-refractivity contribution in [2.75, 3.05) is 24.2 Å². The minimum atomic E-state index is 0.850. The lowest BCUT2D eigenvalue weighted by Gasteiger charge is -2.31. The summed E-state index contributed by atoms with van der Waals surface area (Å²) < 4.78 is 0. The Morgan fingerprint density at radius 2 is 2.21 bits per heavy atom. The molecule has 1 saturated carbocycles. The summed E-state index contributed by atoms with van der Waals surface area (Å²) in [5.41, 5.74) is 7.83. The van der Waals surface area contributed by atoms with E-state index in [9.17, 15) is 0 Å². The second-order valence-corrected chi connectivity index (χ2v) is 4.27.